The number of aromatic nitrogens is 3. The summed E-state index contributed by atoms with van der Waals surface area (Å²) in [5.74, 6) is 0.0616. The van der Waals surface area contributed by atoms with Gasteiger partial charge in [-0.1, -0.05) is 11.3 Å². The summed E-state index contributed by atoms with van der Waals surface area (Å²) in [6.07, 6.45) is 4.34. The third kappa shape index (κ3) is 3.24. The topological polar surface area (TPSA) is 62.2 Å². The molecule has 0 spiro atoms. The van der Waals surface area contributed by atoms with Crippen LogP contribution in [0.4, 0.5) is 5.13 Å². The minimum Gasteiger partial charge on any atom is -0.345 e. The first-order valence-corrected chi connectivity index (χ1v) is 8.21. The van der Waals surface area contributed by atoms with Gasteiger partial charge >= 0.3 is 0 Å². The van der Waals surface area contributed by atoms with Crippen molar-refractivity contribution < 1.29 is 4.79 Å². The number of pyridine rings is 1. The van der Waals surface area contributed by atoms with Crippen molar-refractivity contribution in [1.82, 2.24) is 20.1 Å². The van der Waals surface area contributed by atoms with E-state index in [1.165, 1.54) is 0 Å². The maximum atomic E-state index is 12.6. The van der Waals surface area contributed by atoms with Gasteiger partial charge < -0.3 is 9.80 Å². The second kappa shape index (κ2) is 6.39. The number of amides is 1. The molecule has 0 radical (unpaired) electrons. The largest absolute Gasteiger partial charge is 0.345 e. The van der Waals surface area contributed by atoms with Crippen LogP contribution in [0.1, 0.15) is 27.3 Å². The van der Waals surface area contributed by atoms with Gasteiger partial charge in [-0.05, 0) is 31.9 Å². The standard InChI is InChI=1S/C15H19N5OS/c1-11-8-13(10-16-9-11)14(21)19-4-3-5-20(7-6-19)15-18-17-12(2)22-15/h8-10H,3-7H2,1-2H3. The van der Waals surface area contributed by atoms with Crippen molar-refractivity contribution in [2.24, 2.45) is 0 Å². The molecule has 3 heterocycles. The van der Waals surface area contributed by atoms with Gasteiger partial charge in [-0.25, -0.2) is 0 Å². The number of anilines is 1. The van der Waals surface area contributed by atoms with Gasteiger partial charge in [-0.2, -0.15) is 0 Å². The van der Waals surface area contributed by atoms with Crippen LogP contribution in [0.15, 0.2) is 18.5 Å². The summed E-state index contributed by atoms with van der Waals surface area (Å²) in [5, 5.41) is 10.2. The minimum absolute atomic E-state index is 0.0616. The number of nitrogens with zero attached hydrogens (tertiary/aromatic N) is 5. The fourth-order valence-corrected chi connectivity index (χ4v) is 3.32. The van der Waals surface area contributed by atoms with Gasteiger partial charge in [0.1, 0.15) is 5.01 Å². The number of hydrogen-bond donors (Lipinski definition) is 0. The molecule has 0 bridgehead atoms. The van der Waals surface area contributed by atoms with Gasteiger partial charge in [0, 0.05) is 38.6 Å². The summed E-state index contributed by atoms with van der Waals surface area (Å²) in [6.45, 7) is 7.07. The van der Waals surface area contributed by atoms with E-state index in [-0.39, 0.29) is 5.91 Å². The van der Waals surface area contributed by atoms with Gasteiger partial charge in [-0.15, -0.1) is 10.2 Å². The maximum absolute atomic E-state index is 12.6. The van der Waals surface area contributed by atoms with Crippen LogP contribution in [-0.2, 0) is 0 Å². The van der Waals surface area contributed by atoms with Crippen molar-refractivity contribution in [2.75, 3.05) is 31.1 Å². The lowest BCUT2D eigenvalue weighted by Gasteiger charge is -2.21. The smallest absolute Gasteiger partial charge is 0.255 e. The molecule has 0 saturated carbocycles. The zero-order valence-electron chi connectivity index (χ0n) is 12.8. The molecule has 2 aromatic heterocycles. The summed E-state index contributed by atoms with van der Waals surface area (Å²) in [4.78, 5) is 20.8. The Morgan fingerprint density at radius 1 is 1.14 bits per heavy atom. The molecule has 116 valence electrons. The van der Waals surface area contributed by atoms with Crippen LogP contribution in [0.25, 0.3) is 0 Å². The molecule has 1 aliphatic rings. The molecule has 22 heavy (non-hydrogen) atoms. The Bertz CT molecular complexity index is 671. The zero-order chi connectivity index (χ0) is 15.5. The van der Waals surface area contributed by atoms with Crippen molar-refractivity contribution in [3.05, 3.63) is 34.6 Å². The van der Waals surface area contributed by atoms with Gasteiger partial charge in [0.25, 0.3) is 5.91 Å². The van der Waals surface area contributed by atoms with Crippen molar-refractivity contribution in [3.63, 3.8) is 0 Å². The van der Waals surface area contributed by atoms with E-state index >= 15 is 0 Å². The third-order valence-electron chi connectivity index (χ3n) is 3.69. The van der Waals surface area contributed by atoms with E-state index in [0.717, 1.165) is 41.8 Å². The molecular weight excluding hydrogens is 298 g/mol. The van der Waals surface area contributed by atoms with Crippen molar-refractivity contribution >= 4 is 22.4 Å². The first kappa shape index (κ1) is 14.9. The molecule has 0 aromatic carbocycles. The molecule has 1 aliphatic heterocycles. The molecule has 6 nitrogen and oxygen atoms in total. The Hall–Kier alpha value is -2.02. The molecule has 1 amide bonds. The van der Waals surface area contributed by atoms with Crippen LogP contribution in [0.3, 0.4) is 0 Å². The Labute approximate surface area is 133 Å². The normalized spacial score (nSPS) is 15.7. The molecule has 0 N–H and O–H groups in total. The molecule has 3 rings (SSSR count). The molecule has 1 fully saturated rings. The van der Waals surface area contributed by atoms with E-state index in [9.17, 15) is 4.79 Å². The fourth-order valence-electron chi connectivity index (χ4n) is 2.58. The molecule has 0 aliphatic carbocycles. The van der Waals surface area contributed by atoms with Crippen LogP contribution < -0.4 is 4.90 Å². The Morgan fingerprint density at radius 2 is 2.00 bits per heavy atom. The number of carbonyl (C=O) groups is 1. The van der Waals surface area contributed by atoms with Crippen molar-refractivity contribution in [1.29, 1.82) is 0 Å². The summed E-state index contributed by atoms with van der Waals surface area (Å²) >= 11 is 1.60. The van der Waals surface area contributed by atoms with Gasteiger partial charge in [0.2, 0.25) is 5.13 Å². The van der Waals surface area contributed by atoms with Crippen LogP contribution in [0.5, 0.6) is 0 Å². The average molecular weight is 317 g/mol. The van der Waals surface area contributed by atoms with Crippen LogP contribution >= 0.6 is 11.3 Å². The monoisotopic (exact) mass is 317 g/mol. The van der Waals surface area contributed by atoms with Gasteiger partial charge in [0.15, 0.2) is 0 Å². The van der Waals surface area contributed by atoms with E-state index in [0.29, 0.717) is 12.1 Å². The number of hydrogen-bond acceptors (Lipinski definition) is 6. The van der Waals surface area contributed by atoms with Crippen LogP contribution in [0, 0.1) is 13.8 Å². The lowest BCUT2D eigenvalue weighted by molar-refractivity contribution is 0.0766. The van der Waals surface area contributed by atoms with E-state index in [2.05, 4.69) is 20.1 Å². The number of aryl methyl sites for hydroxylation is 2. The highest BCUT2D eigenvalue weighted by atomic mass is 32.1. The Kier molecular flexibility index (Phi) is 4.33. The Morgan fingerprint density at radius 3 is 2.73 bits per heavy atom. The lowest BCUT2D eigenvalue weighted by atomic mass is 10.2. The quantitative estimate of drug-likeness (QED) is 0.846. The van der Waals surface area contributed by atoms with Crippen LogP contribution in [-0.4, -0.2) is 52.2 Å². The van der Waals surface area contributed by atoms with E-state index in [4.69, 9.17) is 0 Å². The highest BCUT2D eigenvalue weighted by Gasteiger charge is 2.22. The van der Waals surface area contributed by atoms with Gasteiger partial charge in [0.05, 0.1) is 5.56 Å². The zero-order valence-corrected chi connectivity index (χ0v) is 13.6. The molecule has 0 atom stereocenters. The first-order chi connectivity index (χ1) is 10.6. The average Bonchev–Trinajstić information content (AvgIpc) is 2.80. The van der Waals surface area contributed by atoms with Crippen molar-refractivity contribution in [3.8, 4) is 0 Å². The maximum Gasteiger partial charge on any atom is 0.255 e. The molecular formula is C15H19N5OS. The molecule has 2 aromatic rings. The minimum atomic E-state index is 0.0616. The highest BCUT2D eigenvalue weighted by molar-refractivity contribution is 7.15. The number of carbonyl (C=O) groups excluding carboxylic acids is 1. The summed E-state index contributed by atoms with van der Waals surface area (Å²) in [5.41, 5.74) is 1.67. The third-order valence-corrected chi connectivity index (χ3v) is 4.59. The lowest BCUT2D eigenvalue weighted by Crippen LogP contribution is -2.35. The second-order valence-corrected chi connectivity index (χ2v) is 6.65. The predicted octanol–water partition coefficient (Wildman–Crippen LogP) is 1.90. The summed E-state index contributed by atoms with van der Waals surface area (Å²) in [7, 11) is 0. The second-order valence-electron chi connectivity index (χ2n) is 5.49. The first-order valence-electron chi connectivity index (χ1n) is 7.39. The fraction of sp³-hybridized carbons (Fsp3) is 0.467. The highest BCUT2D eigenvalue weighted by Crippen LogP contribution is 2.21. The Balaban J connectivity index is 1.68. The van der Waals surface area contributed by atoms with E-state index in [1.807, 2.05) is 24.8 Å². The van der Waals surface area contributed by atoms with Crippen LogP contribution in [0.2, 0.25) is 0 Å². The predicted molar refractivity (Wildman–Crippen MR) is 86.4 cm³/mol. The molecule has 7 heteroatoms. The summed E-state index contributed by atoms with van der Waals surface area (Å²) < 4.78 is 0. The summed E-state index contributed by atoms with van der Waals surface area (Å²) in [6, 6.07) is 1.89. The number of rotatable bonds is 2. The molecule has 0 unspecified atom stereocenters. The molecule has 1 saturated heterocycles. The van der Waals surface area contributed by atoms with E-state index < -0.39 is 0 Å². The van der Waals surface area contributed by atoms with Gasteiger partial charge in [-0.3, -0.25) is 9.78 Å². The van der Waals surface area contributed by atoms with Crippen molar-refractivity contribution in [2.45, 2.75) is 20.3 Å². The SMILES string of the molecule is Cc1cncc(C(=O)N2CCCN(c3nnc(C)s3)CC2)c1. The van der Waals surface area contributed by atoms with E-state index in [1.54, 1.807) is 23.7 Å².